The maximum atomic E-state index is 5.32. The Morgan fingerprint density at radius 2 is 1.75 bits per heavy atom. The van der Waals surface area contributed by atoms with Crippen molar-refractivity contribution in [2.75, 3.05) is 0 Å². The highest BCUT2D eigenvalue weighted by Gasteiger charge is 2.57. The molecular formula is C7H12O. The molecule has 1 nitrogen and oxygen atoms in total. The highest BCUT2D eigenvalue weighted by molar-refractivity contribution is 5.17. The Balaban J connectivity index is 2.68. The molecule has 0 amide bonds. The van der Waals surface area contributed by atoms with Crippen LogP contribution in [0.2, 0.25) is 0 Å². The summed E-state index contributed by atoms with van der Waals surface area (Å²) in [4.78, 5) is 0. The van der Waals surface area contributed by atoms with Crippen molar-refractivity contribution in [2.24, 2.45) is 0 Å². The van der Waals surface area contributed by atoms with Gasteiger partial charge in [0.2, 0.25) is 0 Å². The summed E-state index contributed by atoms with van der Waals surface area (Å²) in [6, 6.07) is 0. The molecule has 46 valence electrons. The molecular weight excluding hydrogens is 100 g/mol. The van der Waals surface area contributed by atoms with E-state index in [9.17, 15) is 0 Å². The van der Waals surface area contributed by atoms with E-state index in [2.05, 4.69) is 20.4 Å². The summed E-state index contributed by atoms with van der Waals surface area (Å²) in [5.41, 5.74) is -0.0122. The van der Waals surface area contributed by atoms with Gasteiger partial charge in [-0.1, -0.05) is 6.08 Å². The first-order valence-corrected chi connectivity index (χ1v) is 2.86. The third kappa shape index (κ3) is 0.511. The molecule has 0 bridgehead atoms. The van der Waals surface area contributed by atoms with Crippen LogP contribution in [0.3, 0.4) is 0 Å². The van der Waals surface area contributed by atoms with E-state index in [-0.39, 0.29) is 11.2 Å². The van der Waals surface area contributed by atoms with E-state index in [0.29, 0.717) is 0 Å². The lowest BCUT2D eigenvalue weighted by molar-refractivity contribution is 0.308. The summed E-state index contributed by atoms with van der Waals surface area (Å²) in [6.45, 7) is 9.84. The van der Waals surface area contributed by atoms with Gasteiger partial charge in [0.15, 0.2) is 0 Å². The van der Waals surface area contributed by atoms with Gasteiger partial charge in [-0.15, -0.1) is 6.58 Å². The number of hydrogen-bond acceptors (Lipinski definition) is 1. The van der Waals surface area contributed by atoms with Gasteiger partial charge in [-0.05, 0) is 20.8 Å². The standard InChI is InChI=1S/C7H12O/c1-5-7(4)6(2,3)8-7/h5H,1H2,2-4H3. The number of rotatable bonds is 1. The van der Waals surface area contributed by atoms with Crippen LogP contribution < -0.4 is 0 Å². The van der Waals surface area contributed by atoms with E-state index >= 15 is 0 Å². The molecule has 1 heterocycles. The topological polar surface area (TPSA) is 12.5 Å². The van der Waals surface area contributed by atoms with E-state index < -0.39 is 0 Å². The lowest BCUT2D eigenvalue weighted by Gasteiger charge is -1.97. The zero-order valence-corrected chi connectivity index (χ0v) is 5.69. The van der Waals surface area contributed by atoms with Crippen molar-refractivity contribution in [1.29, 1.82) is 0 Å². The molecule has 1 unspecified atom stereocenters. The van der Waals surface area contributed by atoms with Crippen molar-refractivity contribution >= 4 is 0 Å². The molecule has 1 rings (SSSR count). The fraction of sp³-hybridized carbons (Fsp3) is 0.714. The molecule has 1 aliphatic rings. The van der Waals surface area contributed by atoms with Gasteiger partial charge in [-0.2, -0.15) is 0 Å². The highest BCUT2D eigenvalue weighted by atomic mass is 16.6. The summed E-state index contributed by atoms with van der Waals surface area (Å²) in [5.74, 6) is 0. The van der Waals surface area contributed by atoms with Crippen LogP contribution in [0.15, 0.2) is 12.7 Å². The minimum atomic E-state index is -0.0486. The number of ether oxygens (including phenoxy) is 1. The van der Waals surface area contributed by atoms with Crippen molar-refractivity contribution in [3.63, 3.8) is 0 Å². The molecule has 0 aromatic carbocycles. The molecule has 1 fully saturated rings. The third-order valence-electron chi connectivity index (χ3n) is 2.01. The van der Waals surface area contributed by atoms with Crippen LogP contribution in [0, 0.1) is 0 Å². The van der Waals surface area contributed by atoms with E-state index in [1.165, 1.54) is 0 Å². The quantitative estimate of drug-likeness (QED) is 0.372. The van der Waals surface area contributed by atoms with Crippen molar-refractivity contribution < 1.29 is 4.74 Å². The zero-order chi connectivity index (χ0) is 6.41. The molecule has 8 heavy (non-hydrogen) atoms. The number of hydrogen-bond donors (Lipinski definition) is 0. The smallest absolute Gasteiger partial charge is 0.112 e. The van der Waals surface area contributed by atoms with Crippen molar-refractivity contribution in [3.8, 4) is 0 Å². The highest BCUT2D eigenvalue weighted by Crippen LogP contribution is 2.47. The Kier molecular flexibility index (Phi) is 0.845. The van der Waals surface area contributed by atoms with Crippen molar-refractivity contribution in [3.05, 3.63) is 12.7 Å². The van der Waals surface area contributed by atoms with Crippen molar-refractivity contribution in [2.45, 2.75) is 32.0 Å². The van der Waals surface area contributed by atoms with Gasteiger partial charge < -0.3 is 4.74 Å². The Hall–Kier alpha value is -0.300. The molecule has 0 saturated carbocycles. The molecule has 0 aromatic rings. The lowest BCUT2D eigenvalue weighted by atomic mass is 9.99. The molecule has 1 saturated heterocycles. The maximum absolute atomic E-state index is 5.32. The summed E-state index contributed by atoms with van der Waals surface area (Å²) < 4.78 is 5.32. The number of epoxide rings is 1. The fourth-order valence-corrected chi connectivity index (χ4v) is 0.792. The second kappa shape index (κ2) is 1.16. The predicted octanol–water partition coefficient (Wildman–Crippen LogP) is 1.74. The maximum Gasteiger partial charge on any atom is 0.112 e. The van der Waals surface area contributed by atoms with Crippen LogP contribution in [-0.2, 0) is 4.74 Å². The molecule has 0 radical (unpaired) electrons. The monoisotopic (exact) mass is 112 g/mol. The SMILES string of the molecule is C=CC1(C)OC1(C)C. The predicted molar refractivity (Wildman–Crippen MR) is 33.8 cm³/mol. The summed E-state index contributed by atoms with van der Waals surface area (Å²) in [6.07, 6.45) is 1.85. The van der Waals surface area contributed by atoms with Crippen LogP contribution >= 0.6 is 0 Å². The normalized spacial score (nSPS) is 41.4. The molecule has 0 spiro atoms. The van der Waals surface area contributed by atoms with Crippen LogP contribution in [0.1, 0.15) is 20.8 Å². The van der Waals surface area contributed by atoms with Gasteiger partial charge in [-0.25, -0.2) is 0 Å². The van der Waals surface area contributed by atoms with E-state index in [4.69, 9.17) is 4.74 Å². The molecule has 1 aliphatic heterocycles. The molecule has 1 heteroatoms. The Labute approximate surface area is 50.3 Å². The average molecular weight is 112 g/mol. The van der Waals surface area contributed by atoms with Crippen LogP contribution in [0.25, 0.3) is 0 Å². The molecule has 0 N–H and O–H groups in total. The summed E-state index contributed by atoms with van der Waals surface area (Å²) in [7, 11) is 0. The van der Waals surface area contributed by atoms with Crippen LogP contribution in [0.5, 0.6) is 0 Å². The Bertz CT molecular complexity index is 126. The zero-order valence-electron chi connectivity index (χ0n) is 5.69. The first-order valence-electron chi connectivity index (χ1n) is 2.86. The Morgan fingerprint density at radius 3 is 1.75 bits per heavy atom. The van der Waals surface area contributed by atoms with Crippen LogP contribution in [0.4, 0.5) is 0 Å². The van der Waals surface area contributed by atoms with Crippen LogP contribution in [-0.4, -0.2) is 11.2 Å². The minimum absolute atomic E-state index is 0.0365. The van der Waals surface area contributed by atoms with Crippen molar-refractivity contribution in [1.82, 2.24) is 0 Å². The fourth-order valence-electron chi connectivity index (χ4n) is 0.792. The van der Waals surface area contributed by atoms with Gasteiger partial charge in [0.1, 0.15) is 5.60 Å². The largest absolute Gasteiger partial charge is 0.359 e. The van der Waals surface area contributed by atoms with E-state index in [1.54, 1.807) is 0 Å². The Morgan fingerprint density at radius 1 is 1.38 bits per heavy atom. The first-order chi connectivity index (χ1) is 3.52. The lowest BCUT2D eigenvalue weighted by Crippen LogP contribution is -2.11. The van der Waals surface area contributed by atoms with Gasteiger partial charge in [-0.3, -0.25) is 0 Å². The molecule has 0 aliphatic carbocycles. The first kappa shape index (κ1) is 5.83. The minimum Gasteiger partial charge on any atom is -0.359 e. The molecule has 0 aromatic heterocycles. The van der Waals surface area contributed by atoms with Gasteiger partial charge >= 0.3 is 0 Å². The van der Waals surface area contributed by atoms with E-state index in [0.717, 1.165) is 0 Å². The van der Waals surface area contributed by atoms with Gasteiger partial charge in [0, 0.05) is 0 Å². The van der Waals surface area contributed by atoms with Gasteiger partial charge in [0.05, 0.1) is 5.60 Å². The molecule has 1 atom stereocenters. The third-order valence-corrected chi connectivity index (χ3v) is 2.01. The average Bonchev–Trinajstić information content (AvgIpc) is 2.10. The van der Waals surface area contributed by atoms with Gasteiger partial charge in [0.25, 0.3) is 0 Å². The summed E-state index contributed by atoms with van der Waals surface area (Å²) >= 11 is 0. The summed E-state index contributed by atoms with van der Waals surface area (Å²) in [5, 5.41) is 0. The van der Waals surface area contributed by atoms with E-state index in [1.807, 2.05) is 13.0 Å². The second-order valence-corrected chi connectivity index (χ2v) is 2.92. The second-order valence-electron chi connectivity index (χ2n) is 2.92.